The maximum absolute atomic E-state index is 11.0. The molecule has 11 heavy (non-hydrogen) atoms. The zero-order valence-electron chi connectivity index (χ0n) is 5.91. The molecule has 0 radical (unpaired) electrons. The predicted octanol–water partition coefficient (Wildman–Crippen LogP) is -1.11. The van der Waals surface area contributed by atoms with Crippen LogP contribution in [0.5, 0.6) is 0 Å². The van der Waals surface area contributed by atoms with Crippen LogP contribution in [0.3, 0.4) is 0 Å². The average molecular weight is 155 g/mol. The van der Waals surface area contributed by atoms with Gasteiger partial charge < -0.3 is 5.11 Å². The summed E-state index contributed by atoms with van der Waals surface area (Å²) in [5.41, 5.74) is 0. The molecule has 3 atom stereocenters. The first kappa shape index (κ1) is 6.79. The number of carbonyl (C=O) groups is 2. The van der Waals surface area contributed by atoms with Gasteiger partial charge in [0.25, 0.3) is 0 Å². The minimum atomic E-state index is -0.229. The average Bonchev–Trinajstić information content (AvgIpc) is 2.03. The number of aliphatic hydroxyl groups excluding tert-OH is 1. The second kappa shape index (κ2) is 2.04. The Balaban J connectivity index is 2.15. The maximum Gasteiger partial charge on any atom is 0.230 e. The van der Waals surface area contributed by atoms with E-state index >= 15 is 0 Å². The van der Waals surface area contributed by atoms with E-state index in [1.54, 1.807) is 0 Å². The largest absolute Gasteiger partial charge is 0.396 e. The molecule has 60 valence electrons. The minimum absolute atomic E-state index is 0.0157. The maximum atomic E-state index is 11.0. The zero-order chi connectivity index (χ0) is 8.01. The first-order valence-electron chi connectivity index (χ1n) is 3.69. The third-order valence-electron chi connectivity index (χ3n) is 2.62. The van der Waals surface area contributed by atoms with Crippen molar-refractivity contribution in [1.29, 1.82) is 0 Å². The van der Waals surface area contributed by atoms with Crippen molar-refractivity contribution < 1.29 is 14.7 Å². The van der Waals surface area contributed by atoms with Gasteiger partial charge in [0.1, 0.15) is 0 Å². The molecule has 1 saturated carbocycles. The predicted molar refractivity (Wildman–Crippen MR) is 35.3 cm³/mol. The quantitative estimate of drug-likeness (QED) is 0.472. The number of hydrogen-bond donors (Lipinski definition) is 2. The smallest absolute Gasteiger partial charge is 0.230 e. The van der Waals surface area contributed by atoms with Crippen LogP contribution >= 0.6 is 0 Å². The van der Waals surface area contributed by atoms with Crippen LogP contribution in [0.4, 0.5) is 0 Å². The van der Waals surface area contributed by atoms with Gasteiger partial charge in [-0.2, -0.15) is 0 Å². The van der Waals surface area contributed by atoms with E-state index in [9.17, 15) is 9.59 Å². The Morgan fingerprint density at radius 3 is 2.73 bits per heavy atom. The highest BCUT2D eigenvalue weighted by Crippen LogP contribution is 2.43. The van der Waals surface area contributed by atoms with Crippen LogP contribution in [-0.2, 0) is 9.59 Å². The van der Waals surface area contributed by atoms with Gasteiger partial charge in [-0.25, -0.2) is 0 Å². The number of hydrogen-bond acceptors (Lipinski definition) is 3. The van der Waals surface area contributed by atoms with Crippen molar-refractivity contribution in [3.05, 3.63) is 0 Å². The van der Waals surface area contributed by atoms with Crippen LogP contribution in [0.15, 0.2) is 0 Å². The molecule has 0 bridgehead atoms. The van der Waals surface area contributed by atoms with Gasteiger partial charge in [-0.05, 0) is 12.3 Å². The Hall–Kier alpha value is -0.900. The van der Waals surface area contributed by atoms with E-state index in [1.807, 2.05) is 0 Å². The molecule has 3 unspecified atom stereocenters. The van der Waals surface area contributed by atoms with Gasteiger partial charge >= 0.3 is 0 Å². The lowest BCUT2D eigenvalue weighted by Gasteiger charge is -2.34. The van der Waals surface area contributed by atoms with Crippen molar-refractivity contribution in [2.45, 2.75) is 6.42 Å². The summed E-state index contributed by atoms with van der Waals surface area (Å²) in [6.45, 7) is 0.0157. The van der Waals surface area contributed by atoms with E-state index in [0.29, 0.717) is 6.42 Å². The molecule has 2 fully saturated rings. The summed E-state index contributed by atoms with van der Waals surface area (Å²) >= 11 is 0. The summed E-state index contributed by atoms with van der Waals surface area (Å²) in [6, 6.07) is 0. The molecule has 2 rings (SSSR count). The lowest BCUT2D eigenvalue weighted by atomic mass is 9.66. The molecule has 1 aliphatic carbocycles. The van der Waals surface area contributed by atoms with E-state index < -0.39 is 0 Å². The van der Waals surface area contributed by atoms with Crippen LogP contribution in [0.2, 0.25) is 0 Å². The Morgan fingerprint density at radius 1 is 1.45 bits per heavy atom. The first-order valence-corrected chi connectivity index (χ1v) is 3.69. The van der Waals surface area contributed by atoms with Gasteiger partial charge in [-0.3, -0.25) is 14.9 Å². The highest BCUT2D eigenvalue weighted by atomic mass is 16.3. The Labute approximate surface area is 63.6 Å². The molecule has 0 spiro atoms. The Kier molecular flexibility index (Phi) is 1.26. The van der Waals surface area contributed by atoms with Gasteiger partial charge in [0, 0.05) is 6.61 Å². The van der Waals surface area contributed by atoms with Crippen LogP contribution < -0.4 is 5.32 Å². The van der Waals surface area contributed by atoms with Crippen molar-refractivity contribution in [1.82, 2.24) is 5.32 Å². The molecular formula is C7H9NO3. The van der Waals surface area contributed by atoms with Crippen molar-refractivity contribution in [3.63, 3.8) is 0 Å². The highest BCUT2D eigenvalue weighted by molar-refractivity contribution is 6.06. The van der Waals surface area contributed by atoms with Gasteiger partial charge in [0.05, 0.1) is 11.8 Å². The van der Waals surface area contributed by atoms with Crippen molar-refractivity contribution in [2.24, 2.45) is 17.8 Å². The van der Waals surface area contributed by atoms with Crippen LogP contribution in [-0.4, -0.2) is 23.5 Å². The van der Waals surface area contributed by atoms with E-state index in [4.69, 9.17) is 5.11 Å². The molecule has 1 heterocycles. The van der Waals surface area contributed by atoms with E-state index in [1.165, 1.54) is 0 Å². The van der Waals surface area contributed by atoms with E-state index in [2.05, 4.69) is 5.32 Å². The van der Waals surface area contributed by atoms with Gasteiger partial charge in [-0.1, -0.05) is 0 Å². The molecule has 4 nitrogen and oxygen atoms in total. The third kappa shape index (κ3) is 0.728. The van der Waals surface area contributed by atoms with Crippen molar-refractivity contribution in [2.75, 3.05) is 6.61 Å². The fraction of sp³-hybridized carbons (Fsp3) is 0.714. The van der Waals surface area contributed by atoms with Crippen LogP contribution in [0.25, 0.3) is 0 Å². The number of amides is 2. The summed E-state index contributed by atoms with van der Waals surface area (Å²) < 4.78 is 0. The lowest BCUT2D eigenvalue weighted by molar-refractivity contribution is -0.130. The Bertz CT molecular complexity index is 226. The molecule has 0 aromatic carbocycles. The van der Waals surface area contributed by atoms with Gasteiger partial charge in [0.15, 0.2) is 0 Å². The summed E-state index contributed by atoms with van der Waals surface area (Å²) in [4.78, 5) is 21.9. The molecule has 2 N–H and O–H groups in total. The SMILES string of the molecule is O=C1NC(=O)C2C(CO)CC12. The normalized spacial score (nSPS) is 41.4. The highest BCUT2D eigenvalue weighted by Gasteiger charge is 2.54. The number of fused-ring (bicyclic) bond motifs is 1. The monoisotopic (exact) mass is 155 g/mol. The molecule has 1 aliphatic heterocycles. The Morgan fingerprint density at radius 2 is 2.18 bits per heavy atom. The van der Waals surface area contributed by atoms with Crippen LogP contribution in [0.1, 0.15) is 6.42 Å². The molecular weight excluding hydrogens is 146 g/mol. The third-order valence-corrected chi connectivity index (χ3v) is 2.62. The molecule has 0 aromatic heterocycles. The number of aliphatic hydroxyl groups is 1. The number of imide groups is 1. The second-order valence-corrected chi connectivity index (χ2v) is 3.16. The lowest BCUT2D eigenvalue weighted by Crippen LogP contribution is -2.40. The van der Waals surface area contributed by atoms with Gasteiger partial charge in [-0.15, -0.1) is 0 Å². The van der Waals surface area contributed by atoms with Crippen molar-refractivity contribution in [3.8, 4) is 0 Å². The van der Waals surface area contributed by atoms with Gasteiger partial charge in [0.2, 0.25) is 11.8 Å². The zero-order valence-corrected chi connectivity index (χ0v) is 5.91. The second-order valence-electron chi connectivity index (χ2n) is 3.16. The summed E-state index contributed by atoms with van der Waals surface area (Å²) in [5.74, 6) is -0.714. The molecule has 1 saturated heterocycles. The summed E-state index contributed by atoms with van der Waals surface area (Å²) in [5, 5.41) is 11.0. The molecule has 4 heteroatoms. The summed E-state index contributed by atoms with van der Waals surface area (Å²) in [7, 11) is 0. The summed E-state index contributed by atoms with van der Waals surface area (Å²) in [6.07, 6.45) is 0.665. The van der Waals surface area contributed by atoms with E-state index in [-0.39, 0.29) is 36.2 Å². The first-order chi connectivity index (χ1) is 5.24. The molecule has 2 aliphatic rings. The fourth-order valence-corrected chi connectivity index (χ4v) is 1.90. The standard InChI is InChI=1S/C7H9NO3/c9-2-3-1-4-5(3)7(11)8-6(4)10/h3-5,9H,1-2H2,(H,8,10,11). The number of rotatable bonds is 1. The number of nitrogens with one attached hydrogen (secondary N) is 1. The fourth-order valence-electron chi connectivity index (χ4n) is 1.90. The minimum Gasteiger partial charge on any atom is -0.396 e. The van der Waals surface area contributed by atoms with Crippen LogP contribution in [0, 0.1) is 17.8 Å². The molecule has 0 aromatic rings. The van der Waals surface area contributed by atoms with E-state index in [0.717, 1.165) is 0 Å². The van der Waals surface area contributed by atoms with Crippen molar-refractivity contribution >= 4 is 11.8 Å². The molecule has 2 amide bonds. The topological polar surface area (TPSA) is 66.4 Å². The number of carbonyl (C=O) groups excluding carboxylic acids is 2.